The SMILES string of the molecule is Nc1noc(-c2ccc(I)c(Cl)c2)c1-c1ccccc1Cl. The first-order chi connectivity index (χ1) is 10.1. The molecular formula is C15H9Cl2IN2O. The Kier molecular flexibility index (Phi) is 4.10. The predicted octanol–water partition coefficient (Wildman–Crippen LogP) is 5.50. The van der Waals surface area contributed by atoms with E-state index in [1.54, 1.807) is 6.07 Å². The maximum absolute atomic E-state index is 6.25. The van der Waals surface area contributed by atoms with Gasteiger partial charge in [-0.3, -0.25) is 0 Å². The zero-order valence-electron chi connectivity index (χ0n) is 10.6. The fourth-order valence-corrected chi connectivity index (χ4v) is 2.81. The lowest BCUT2D eigenvalue weighted by Crippen LogP contribution is -1.89. The minimum absolute atomic E-state index is 0.299. The smallest absolute Gasteiger partial charge is 0.177 e. The van der Waals surface area contributed by atoms with Crippen molar-refractivity contribution in [2.24, 2.45) is 0 Å². The number of aromatic nitrogens is 1. The van der Waals surface area contributed by atoms with Gasteiger partial charge in [0.2, 0.25) is 0 Å². The van der Waals surface area contributed by atoms with E-state index < -0.39 is 0 Å². The first kappa shape index (κ1) is 14.7. The molecule has 106 valence electrons. The van der Waals surface area contributed by atoms with Crippen LogP contribution in [-0.2, 0) is 0 Å². The lowest BCUT2D eigenvalue weighted by Gasteiger charge is -2.06. The van der Waals surface area contributed by atoms with Crippen LogP contribution in [0.15, 0.2) is 47.0 Å². The molecule has 0 aliphatic heterocycles. The number of halogens is 3. The number of benzene rings is 2. The van der Waals surface area contributed by atoms with Crippen LogP contribution in [0.3, 0.4) is 0 Å². The van der Waals surface area contributed by atoms with Gasteiger partial charge in [-0.15, -0.1) is 0 Å². The number of hydrogen-bond acceptors (Lipinski definition) is 3. The van der Waals surface area contributed by atoms with Crippen molar-refractivity contribution in [3.8, 4) is 22.5 Å². The van der Waals surface area contributed by atoms with Crippen molar-refractivity contribution in [1.29, 1.82) is 0 Å². The van der Waals surface area contributed by atoms with Gasteiger partial charge >= 0.3 is 0 Å². The first-order valence-electron chi connectivity index (χ1n) is 6.03. The normalized spacial score (nSPS) is 10.8. The van der Waals surface area contributed by atoms with Gasteiger partial charge < -0.3 is 10.3 Å². The van der Waals surface area contributed by atoms with Crippen LogP contribution in [0.2, 0.25) is 10.0 Å². The molecule has 3 nitrogen and oxygen atoms in total. The van der Waals surface area contributed by atoms with Gasteiger partial charge in [-0.1, -0.05) is 46.6 Å². The van der Waals surface area contributed by atoms with Crippen molar-refractivity contribution in [3.63, 3.8) is 0 Å². The van der Waals surface area contributed by atoms with Gasteiger partial charge in [-0.25, -0.2) is 0 Å². The summed E-state index contributed by atoms with van der Waals surface area (Å²) in [6, 6.07) is 13.1. The van der Waals surface area contributed by atoms with Crippen LogP contribution in [-0.4, -0.2) is 5.16 Å². The molecule has 2 aromatic carbocycles. The molecule has 0 atom stereocenters. The molecule has 0 amide bonds. The van der Waals surface area contributed by atoms with E-state index in [1.165, 1.54) is 0 Å². The summed E-state index contributed by atoms with van der Waals surface area (Å²) in [6.45, 7) is 0. The predicted molar refractivity (Wildman–Crippen MR) is 94.5 cm³/mol. The molecule has 0 fully saturated rings. The summed E-state index contributed by atoms with van der Waals surface area (Å²) in [6.07, 6.45) is 0. The van der Waals surface area contributed by atoms with Gasteiger partial charge in [0.25, 0.3) is 0 Å². The molecule has 0 bridgehead atoms. The van der Waals surface area contributed by atoms with Crippen LogP contribution in [0.25, 0.3) is 22.5 Å². The Labute approximate surface area is 145 Å². The van der Waals surface area contributed by atoms with Gasteiger partial charge in [0.1, 0.15) is 0 Å². The highest BCUT2D eigenvalue weighted by Crippen LogP contribution is 2.40. The van der Waals surface area contributed by atoms with Crippen molar-refractivity contribution in [2.75, 3.05) is 5.73 Å². The number of nitrogen functional groups attached to an aromatic ring is 1. The van der Waals surface area contributed by atoms with Crippen LogP contribution in [0, 0.1) is 3.57 Å². The van der Waals surface area contributed by atoms with E-state index in [2.05, 4.69) is 27.7 Å². The molecule has 21 heavy (non-hydrogen) atoms. The van der Waals surface area contributed by atoms with Crippen LogP contribution in [0.5, 0.6) is 0 Å². The number of nitrogens with two attached hydrogens (primary N) is 1. The van der Waals surface area contributed by atoms with E-state index in [4.69, 9.17) is 33.5 Å². The van der Waals surface area contributed by atoms with Crippen molar-refractivity contribution in [2.45, 2.75) is 0 Å². The van der Waals surface area contributed by atoms with Crippen LogP contribution in [0.1, 0.15) is 0 Å². The van der Waals surface area contributed by atoms with E-state index in [1.807, 2.05) is 36.4 Å². The molecule has 0 unspecified atom stereocenters. The minimum Gasteiger partial charge on any atom is -0.380 e. The second-order valence-corrected chi connectivity index (χ2v) is 6.36. The molecule has 3 rings (SSSR count). The monoisotopic (exact) mass is 430 g/mol. The van der Waals surface area contributed by atoms with E-state index in [9.17, 15) is 0 Å². The van der Waals surface area contributed by atoms with Gasteiger partial charge in [0.15, 0.2) is 11.6 Å². The van der Waals surface area contributed by atoms with E-state index in [0.29, 0.717) is 27.2 Å². The van der Waals surface area contributed by atoms with Crippen LogP contribution < -0.4 is 5.73 Å². The summed E-state index contributed by atoms with van der Waals surface area (Å²) in [5.74, 6) is 0.853. The fraction of sp³-hybridized carbons (Fsp3) is 0. The zero-order valence-corrected chi connectivity index (χ0v) is 14.3. The van der Waals surface area contributed by atoms with Crippen LogP contribution in [0.4, 0.5) is 5.82 Å². The highest BCUT2D eigenvalue weighted by atomic mass is 127. The molecule has 0 spiro atoms. The number of anilines is 1. The van der Waals surface area contributed by atoms with Crippen molar-refractivity contribution in [3.05, 3.63) is 56.1 Å². The third-order valence-corrected chi connectivity index (χ3v) is 4.95. The largest absolute Gasteiger partial charge is 0.380 e. The summed E-state index contributed by atoms with van der Waals surface area (Å²) in [7, 11) is 0. The average Bonchev–Trinajstić information content (AvgIpc) is 2.84. The molecule has 0 saturated carbocycles. The summed E-state index contributed by atoms with van der Waals surface area (Å²) < 4.78 is 6.35. The van der Waals surface area contributed by atoms with Gasteiger partial charge in [-0.05, 0) is 46.9 Å². The van der Waals surface area contributed by atoms with Crippen molar-refractivity contribution < 1.29 is 4.52 Å². The highest BCUT2D eigenvalue weighted by molar-refractivity contribution is 14.1. The van der Waals surface area contributed by atoms with Crippen LogP contribution >= 0.6 is 45.8 Å². The van der Waals surface area contributed by atoms with Gasteiger partial charge in [-0.2, -0.15) is 0 Å². The minimum atomic E-state index is 0.299. The van der Waals surface area contributed by atoms with Crippen molar-refractivity contribution >= 4 is 51.6 Å². The molecule has 1 aromatic heterocycles. The summed E-state index contributed by atoms with van der Waals surface area (Å²) in [5, 5.41) is 5.10. The topological polar surface area (TPSA) is 52.0 Å². The van der Waals surface area contributed by atoms with E-state index in [-0.39, 0.29) is 0 Å². The summed E-state index contributed by atoms with van der Waals surface area (Å²) >= 11 is 14.6. The quantitative estimate of drug-likeness (QED) is 0.546. The zero-order chi connectivity index (χ0) is 15.0. The fourth-order valence-electron chi connectivity index (χ4n) is 2.06. The molecule has 1 heterocycles. The third-order valence-electron chi connectivity index (χ3n) is 3.04. The van der Waals surface area contributed by atoms with E-state index >= 15 is 0 Å². The Bertz CT molecular complexity index is 817. The third kappa shape index (κ3) is 2.75. The molecule has 0 aliphatic rings. The summed E-state index contributed by atoms with van der Waals surface area (Å²) in [5.41, 5.74) is 8.21. The maximum atomic E-state index is 6.25. The Balaban J connectivity index is 2.22. The maximum Gasteiger partial charge on any atom is 0.177 e. The number of hydrogen-bond donors (Lipinski definition) is 1. The molecular weight excluding hydrogens is 422 g/mol. The second-order valence-electron chi connectivity index (χ2n) is 4.38. The number of rotatable bonds is 2. The Hall–Kier alpha value is -1.24. The summed E-state index contributed by atoms with van der Waals surface area (Å²) in [4.78, 5) is 0. The number of nitrogens with zero attached hydrogens (tertiary/aromatic N) is 1. The molecule has 0 aliphatic carbocycles. The Morgan fingerprint density at radius 1 is 1.05 bits per heavy atom. The standard InChI is InChI=1S/C15H9Cl2IN2O/c16-10-4-2-1-3-9(10)13-14(21-20-15(13)19)8-5-6-12(18)11(17)7-8/h1-7H,(H2,19,20). The Morgan fingerprint density at radius 2 is 1.81 bits per heavy atom. The lowest BCUT2D eigenvalue weighted by molar-refractivity contribution is 0.436. The van der Waals surface area contributed by atoms with Gasteiger partial charge in [0.05, 0.1) is 10.6 Å². The molecule has 6 heteroatoms. The van der Waals surface area contributed by atoms with Gasteiger partial charge in [0, 0.05) is 19.7 Å². The molecule has 3 aromatic rings. The Morgan fingerprint density at radius 3 is 2.52 bits per heavy atom. The lowest BCUT2D eigenvalue weighted by atomic mass is 10.0. The average molecular weight is 431 g/mol. The molecule has 0 saturated heterocycles. The second kappa shape index (κ2) is 5.87. The molecule has 0 radical (unpaired) electrons. The highest BCUT2D eigenvalue weighted by Gasteiger charge is 2.20. The first-order valence-corrected chi connectivity index (χ1v) is 7.87. The molecule has 2 N–H and O–H groups in total. The van der Waals surface area contributed by atoms with Crippen molar-refractivity contribution in [1.82, 2.24) is 5.16 Å². The van der Waals surface area contributed by atoms with E-state index in [0.717, 1.165) is 14.7 Å².